The van der Waals surface area contributed by atoms with E-state index in [1.54, 1.807) is 0 Å². The Morgan fingerprint density at radius 1 is 0.667 bits per heavy atom. The monoisotopic (exact) mass is 245 g/mol. The Morgan fingerprint density at radius 2 is 1.07 bits per heavy atom. The van der Waals surface area contributed by atoms with Crippen LogP contribution in [0.25, 0.3) is 0 Å². The van der Waals surface area contributed by atoms with Crippen LogP contribution in [-0.4, -0.2) is 21.9 Å². The molecule has 3 heteroatoms. The van der Waals surface area contributed by atoms with Gasteiger partial charge in [-0.2, -0.15) is 0 Å². The Bertz CT molecular complexity index is 155. The first-order valence-corrected chi connectivity index (χ1v) is 12.9. The molecule has 0 bridgehead atoms. The summed E-state index contributed by atoms with van der Waals surface area (Å²) >= 11 is 0. The van der Waals surface area contributed by atoms with Crippen LogP contribution in [0.15, 0.2) is 0 Å². The van der Waals surface area contributed by atoms with E-state index in [0.29, 0.717) is 0 Å². The highest BCUT2D eigenvalue weighted by Crippen LogP contribution is 2.34. The topological polar surface area (TPSA) is 12.0 Å². The van der Waals surface area contributed by atoms with Crippen molar-refractivity contribution in [2.45, 2.75) is 71.8 Å². The standard InChI is InChI=1S/C12H31NSi2/c1-7-13-15(11-5,12-6)14(8-2,9-3)10-4/h13H,7-12H2,1-6H3. The van der Waals surface area contributed by atoms with E-state index in [9.17, 15) is 0 Å². The number of nitrogens with one attached hydrogen (secondary N) is 1. The van der Waals surface area contributed by atoms with E-state index in [4.69, 9.17) is 0 Å². The summed E-state index contributed by atoms with van der Waals surface area (Å²) in [6.45, 7) is 15.7. The van der Waals surface area contributed by atoms with Gasteiger partial charge >= 0.3 is 0 Å². The van der Waals surface area contributed by atoms with E-state index in [-0.39, 0.29) is 0 Å². The van der Waals surface area contributed by atoms with Gasteiger partial charge in [0.05, 0.1) is 7.59 Å². The molecule has 92 valence electrons. The molecule has 0 aliphatic carbocycles. The molecule has 0 radical (unpaired) electrons. The van der Waals surface area contributed by atoms with Gasteiger partial charge in [-0.25, -0.2) is 0 Å². The number of hydrogen-bond donors (Lipinski definition) is 1. The third-order valence-electron chi connectivity index (χ3n) is 4.77. The lowest BCUT2D eigenvalue weighted by Crippen LogP contribution is -2.69. The molecule has 0 aromatic heterocycles. The molecular weight excluding hydrogens is 214 g/mol. The van der Waals surface area contributed by atoms with Crippen molar-refractivity contribution in [3.05, 3.63) is 0 Å². The maximum Gasteiger partial charge on any atom is 0.115 e. The third-order valence-corrected chi connectivity index (χ3v) is 26.2. The fraction of sp³-hybridized carbons (Fsp3) is 1.00. The van der Waals surface area contributed by atoms with Crippen molar-refractivity contribution >= 4 is 15.3 Å². The van der Waals surface area contributed by atoms with Crippen molar-refractivity contribution in [2.24, 2.45) is 0 Å². The van der Waals surface area contributed by atoms with Crippen LogP contribution in [0.4, 0.5) is 0 Å². The summed E-state index contributed by atoms with van der Waals surface area (Å²) in [4.78, 5) is 3.99. The zero-order valence-corrected chi connectivity index (χ0v) is 13.7. The van der Waals surface area contributed by atoms with E-state index < -0.39 is 15.3 Å². The molecule has 15 heavy (non-hydrogen) atoms. The van der Waals surface area contributed by atoms with Gasteiger partial charge < -0.3 is 4.98 Å². The average molecular weight is 246 g/mol. The Hall–Kier alpha value is 0.394. The molecule has 0 rings (SSSR count). The fourth-order valence-corrected chi connectivity index (χ4v) is 22.9. The van der Waals surface area contributed by atoms with Gasteiger partial charge in [0, 0.05) is 0 Å². The van der Waals surface area contributed by atoms with Gasteiger partial charge in [-0.05, 0) is 18.6 Å². The predicted octanol–water partition coefficient (Wildman–Crippen LogP) is 4.17. The zero-order valence-electron chi connectivity index (χ0n) is 11.7. The van der Waals surface area contributed by atoms with E-state index in [2.05, 4.69) is 46.5 Å². The molecule has 0 unspecified atom stereocenters. The normalized spacial score (nSPS) is 13.2. The Labute approximate surface area is 98.9 Å². The molecule has 0 aromatic carbocycles. The molecule has 0 aromatic rings. The molecule has 0 aliphatic heterocycles. The van der Waals surface area contributed by atoms with Crippen molar-refractivity contribution in [3.63, 3.8) is 0 Å². The van der Waals surface area contributed by atoms with Gasteiger partial charge in [-0.15, -0.1) is 0 Å². The van der Waals surface area contributed by atoms with Gasteiger partial charge in [-0.3, -0.25) is 0 Å². The molecule has 0 amide bonds. The molecule has 1 nitrogen and oxygen atoms in total. The van der Waals surface area contributed by atoms with Crippen LogP contribution in [-0.2, 0) is 0 Å². The highest BCUT2D eigenvalue weighted by molar-refractivity contribution is 7.41. The van der Waals surface area contributed by atoms with Crippen molar-refractivity contribution in [1.29, 1.82) is 0 Å². The second kappa shape index (κ2) is 6.87. The van der Waals surface area contributed by atoms with Crippen LogP contribution in [0.3, 0.4) is 0 Å². The summed E-state index contributed by atoms with van der Waals surface area (Å²) in [5.74, 6) is 0. The van der Waals surface area contributed by atoms with Crippen molar-refractivity contribution in [2.75, 3.05) is 6.54 Å². The van der Waals surface area contributed by atoms with Crippen LogP contribution in [0.1, 0.15) is 41.5 Å². The largest absolute Gasteiger partial charge is 0.339 e. The first-order chi connectivity index (χ1) is 7.11. The smallest absolute Gasteiger partial charge is 0.115 e. The molecule has 0 fully saturated rings. The maximum absolute atomic E-state index is 3.99. The summed E-state index contributed by atoms with van der Waals surface area (Å²) in [5, 5.41) is 0. The lowest BCUT2D eigenvalue weighted by molar-refractivity contribution is 0.936. The van der Waals surface area contributed by atoms with Gasteiger partial charge in [0.1, 0.15) is 7.75 Å². The van der Waals surface area contributed by atoms with Crippen LogP contribution in [0.2, 0.25) is 30.2 Å². The quantitative estimate of drug-likeness (QED) is 0.633. The summed E-state index contributed by atoms with van der Waals surface area (Å²) in [6, 6.07) is 7.35. The Kier molecular flexibility index (Phi) is 7.05. The maximum atomic E-state index is 3.99. The molecule has 1 N–H and O–H groups in total. The second-order valence-corrected chi connectivity index (χ2v) is 19.3. The van der Waals surface area contributed by atoms with Crippen molar-refractivity contribution in [3.8, 4) is 0 Å². The number of rotatable bonds is 8. The molecular formula is C12H31NSi2. The first kappa shape index (κ1) is 15.4. The van der Waals surface area contributed by atoms with Gasteiger partial charge in [-0.1, -0.05) is 59.7 Å². The SMILES string of the molecule is CCN[Si](CC)(CC)[Si](CC)(CC)CC. The summed E-state index contributed by atoms with van der Waals surface area (Å²) in [7, 11) is -2.12. The van der Waals surface area contributed by atoms with Gasteiger partial charge in [0.15, 0.2) is 0 Å². The lowest BCUT2D eigenvalue weighted by atomic mass is 10.8. The fourth-order valence-electron chi connectivity index (χ4n) is 3.54. The summed E-state index contributed by atoms with van der Waals surface area (Å²) < 4.78 is 0. The van der Waals surface area contributed by atoms with E-state index in [1.165, 1.54) is 36.8 Å². The molecule has 0 saturated heterocycles. The highest BCUT2D eigenvalue weighted by atomic mass is 29.3. The minimum Gasteiger partial charge on any atom is -0.339 e. The Balaban J connectivity index is 5.13. The van der Waals surface area contributed by atoms with Crippen molar-refractivity contribution in [1.82, 2.24) is 4.98 Å². The minimum absolute atomic E-state index is 0.990. The molecule has 0 spiro atoms. The van der Waals surface area contributed by atoms with Gasteiger partial charge in [0.25, 0.3) is 0 Å². The molecule has 0 heterocycles. The minimum atomic E-state index is -1.13. The van der Waals surface area contributed by atoms with Gasteiger partial charge in [0.2, 0.25) is 0 Å². The Morgan fingerprint density at radius 3 is 1.27 bits per heavy atom. The molecule has 0 aliphatic rings. The van der Waals surface area contributed by atoms with Crippen LogP contribution >= 0.6 is 0 Å². The van der Waals surface area contributed by atoms with Crippen LogP contribution < -0.4 is 4.98 Å². The van der Waals surface area contributed by atoms with E-state index in [0.717, 1.165) is 0 Å². The van der Waals surface area contributed by atoms with Crippen LogP contribution in [0.5, 0.6) is 0 Å². The lowest BCUT2D eigenvalue weighted by Gasteiger charge is -2.47. The number of hydrogen-bond acceptors (Lipinski definition) is 1. The van der Waals surface area contributed by atoms with Crippen molar-refractivity contribution < 1.29 is 0 Å². The van der Waals surface area contributed by atoms with E-state index >= 15 is 0 Å². The van der Waals surface area contributed by atoms with Crippen LogP contribution in [0, 0.1) is 0 Å². The van der Waals surface area contributed by atoms with E-state index in [1.807, 2.05) is 0 Å². The highest BCUT2D eigenvalue weighted by Gasteiger charge is 2.48. The second-order valence-electron chi connectivity index (χ2n) is 4.66. The molecule has 0 atom stereocenters. The summed E-state index contributed by atoms with van der Waals surface area (Å²) in [6.07, 6.45) is 0. The third kappa shape index (κ3) is 2.74. The first-order valence-electron chi connectivity index (χ1n) is 6.86. The summed E-state index contributed by atoms with van der Waals surface area (Å²) in [5.41, 5.74) is 0. The molecule has 0 saturated carbocycles. The zero-order chi connectivity index (χ0) is 11.9. The predicted molar refractivity (Wildman–Crippen MR) is 77.6 cm³/mol. The average Bonchev–Trinajstić information content (AvgIpc) is 2.30.